The van der Waals surface area contributed by atoms with Crippen LogP contribution in [0.1, 0.15) is 0 Å². The lowest BCUT2D eigenvalue weighted by Crippen LogP contribution is -1.98. The standard InChI is InChI=1S/C66H42N2/c1-2-17-49(18-3-1)66-67-63(59-27-13-12-25-57(59)56-28-14-20-45-15-4-7-21-51(45)56)42-64(68-66)60-40-39-53(55-24-10-11-26-58(55)60)47-33-29-43(30-34-47)44-31-35-48(36-32-44)65-54-23-9-6-19-50(54)41-62-52-22-8-5-16-46(52)37-38-61(62)65/h1-42H. The minimum Gasteiger partial charge on any atom is -0.228 e. The summed E-state index contributed by atoms with van der Waals surface area (Å²) in [6.07, 6.45) is 0. The van der Waals surface area contributed by atoms with Crippen LogP contribution in [0.4, 0.5) is 0 Å². The van der Waals surface area contributed by atoms with Crippen LogP contribution in [-0.4, -0.2) is 9.97 Å². The number of fused-ring (bicyclic) bond motifs is 6. The number of hydrogen-bond acceptors (Lipinski definition) is 2. The average Bonchev–Trinajstić information content (AvgIpc) is 3.42. The summed E-state index contributed by atoms with van der Waals surface area (Å²) in [5, 5.41) is 12.4. The minimum absolute atomic E-state index is 0.696. The molecule has 0 aliphatic rings. The summed E-state index contributed by atoms with van der Waals surface area (Å²) in [4.78, 5) is 10.6. The molecule has 0 amide bonds. The average molecular weight is 863 g/mol. The molecule has 0 unspecified atom stereocenters. The van der Waals surface area contributed by atoms with Crippen molar-refractivity contribution < 1.29 is 0 Å². The van der Waals surface area contributed by atoms with Gasteiger partial charge in [0.05, 0.1) is 11.4 Å². The molecule has 0 atom stereocenters. The van der Waals surface area contributed by atoms with Gasteiger partial charge in [0.15, 0.2) is 5.82 Å². The van der Waals surface area contributed by atoms with Gasteiger partial charge in [-0.25, -0.2) is 9.97 Å². The third-order valence-corrected chi connectivity index (χ3v) is 13.7. The fourth-order valence-electron chi connectivity index (χ4n) is 10.4. The SMILES string of the molecule is c1ccc(-c2nc(-c3ccccc3-c3cccc4ccccc34)cc(-c3ccc(-c4ccc(-c5ccc(-c6c7ccccc7cc7c6ccc6ccccc67)cc5)cc4)c4ccccc34)n2)cc1. The zero-order chi connectivity index (χ0) is 45.0. The first-order valence-electron chi connectivity index (χ1n) is 23.3. The Balaban J connectivity index is 0.873. The molecular formula is C66H42N2. The predicted molar refractivity (Wildman–Crippen MR) is 288 cm³/mol. The number of nitrogens with zero attached hydrogens (tertiary/aromatic N) is 2. The first kappa shape index (κ1) is 39.4. The Labute approximate surface area is 395 Å². The lowest BCUT2D eigenvalue weighted by Gasteiger charge is -2.16. The van der Waals surface area contributed by atoms with Gasteiger partial charge in [-0.2, -0.15) is 0 Å². The smallest absolute Gasteiger partial charge is 0.160 e. The molecule has 2 heteroatoms. The maximum atomic E-state index is 5.31. The third-order valence-electron chi connectivity index (χ3n) is 13.7. The molecule has 0 bridgehead atoms. The quantitative estimate of drug-likeness (QED) is 0.118. The van der Waals surface area contributed by atoms with E-state index in [0.717, 1.165) is 39.0 Å². The molecule has 12 aromatic carbocycles. The molecule has 1 aromatic heterocycles. The summed E-state index contributed by atoms with van der Waals surface area (Å²) in [5.74, 6) is 0.696. The molecule has 2 nitrogen and oxygen atoms in total. The highest BCUT2D eigenvalue weighted by Gasteiger charge is 2.18. The Bertz CT molecular complexity index is 4050. The van der Waals surface area contributed by atoms with Crippen molar-refractivity contribution in [1.29, 1.82) is 0 Å². The van der Waals surface area contributed by atoms with E-state index in [0.29, 0.717) is 5.82 Å². The third kappa shape index (κ3) is 6.82. The van der Waals surface area contributed by atoms with Crippen LogP contribution < -0.4 is 0 Å². The van der Waals surface area contributed by atoms with Crippen LogP contribution in [0.5, 0.6) is 0 Å². The largest absolute Gasteiger partial charge is 0.228 e. The molecule has 0 aliphatic heterocycles. The topological polar surface area (TPSA) is 25.8 Å². The van der Waals surface area contributed by atoms with Gasteiger partial charge in [0.25, 0.3) is 0 Å². The molecule has 0 saturated carbocycles. The Hall–Kier alpha value is -8.98. The van der Waals surface area contributed by atoms with Gasteiger partial charge in [-0.3, -0.25) is 0 Å². The van der Waals surface area contributed by atoms with Crippen molar-refractivity contribution in [2.45, 2.75) is 0 Å². The van der Waals surface area contributed by atoms with Gasteiger partial charge in [0, 0.05) is 16.7 Å². The summed E-state index contributed by atoms with van der Waals surface area (Å²) < 4.78 is 0. The second-order valence-electron chi connectivity index (χ2n) is 17.6. The van der Waals surface area contributed by atoms with Crippen LogP contribution in [0.25, 0.3) is 132 Å². The van der Waals surface area contributed by atoms with Crippen LogP contribution in [-0.2, 0) is 0 Å². The van der Waals surface area contributed by atoms with Crippen molar-refractivity contribution in [3.8, 4) is 78.4 Å². The van der Waals surface area contributed by atoms with Crippen molar-refractivity contribution in [3.63, 3.8) is 0 Å². The van der Waals surface area contributed by atoms with Gasteiger partial charge in [-0.15, -0.1) is 0 Å². The lowest BCUT2D eigenvalue weighted by molar-refractivity contribution is 1.19. The zero-order valence-corrected chi connectivity index (χ0v) is 37.1. The highest BCUT2D eigenvalue weighted by Crippen LogP contribution is 2.42. The maximum Gasteiger partial charge on any atom is 0.160 e. The summed E-state index contributed by atoms with van der Waals surface area (Å²) in [5.41, 5.74) is 14.4. The molecule has 1 heterocycles. The normalized spacial score (nSPS) is 11.5. The van der Waals surface area contributed by atoms with E-state index in [9.17, 15) is 0 Å². The second-order valence-corrected chi connectivity index (χ2v) is 17.6. The first-order chi connectivity index (χ1) is 33.7. The van der Waals surface area contributed by atoms with Gasteiger partial charge in [-0.05, 0) is 111 Å². The van der Waals surface area contributed by atoms with Crippen LogP contribution in [0, 0.1) is 0 Å². The maximum absolute atomic E-state index is 5.31. The summed E-state index contributed by atoms with van der Waals surface area (Å²) in [7, 11) is 0. The Morgan fingerprint density at radius 2 is 0.706 bits per heavy atom. The molecule has 13 aromatic rings. The number of hydrogen-bond donors (Lipinski definition) is 0. The molecule has 13 rings (SSSR count). The predicted octanol–water partition coefficient (Wildman–Crippen LogP) is 17.9. The van der Waals surface area contributed by atoms with Crippen LogP contribution >= 0.6 is 0 Å². The Morgan fingerprint density at radius 1 is 0.206 bits per heavy atom. The van der Waals surface area contributed by atoms with E-state index in [2.05, 4.69) is 249 Å². The van der Waals surface area contributed by atoms with Crippen molar-refractivity contribution in [1.82, 2.24) is 9.97 Å². The zero-order valence-electron chi connectivity index (χ0n) is 37.1. The Kier molecular flexibility index (Phi) is 9.54. The van der Waals surface area contributed by atoms with E-state index >= 15 is 0 Å². The molecule has 68 heavy (non-hydrogen) atoms. The molecule has 0 fully saturated rings. The summed E-state index contributed by atoms with van der Waals surface area (Å²) in [6, 6.07) is 91.9. The van der Waals surface area contributed by atoms with Gasteiger partial charge in [-0.1, -0.05) is 243 Å². The van der Waals surface area contributed by atoms with Gasteiger partial charge in [0.2, 0.25) is 0 Å². The van der Waals surface area contributed by atoms with Crippen molar-refractivity contribution in [2.24, 2.45) is 0 Å². The highest BCUT2D eigenvalue weighted by atomic mass is 14.9. The van der Waals surface area contributed by atoms with Crippen LogP contribution in [0.3, 0.4) is 0 Å². The minimum atomic E-state index is 0.696. The molecule has 316 valence electrons. The van der Waals surface area contributed by atoms with E-state index in [1.54, 1.807) is 0 Å². The fourth-order valence-corrected chi connectivity index (χ4v) is 10.4. The van der Waals surface area contributed by atoms with Crippen LogP contribution in [0.15, 0.2) is 255 Å². The molecular weight excluding hydrogens is 821 g/mol. The van der Waals surface area contributed by atoms with E-state index in [1.807, 2.05) is 6.07 Å². The summed E-state index contributed by atoms with van der Waals surface area (Å²) >= 11 is 0. The van der Waals surface area contributed by atoms with E-state index in [1.165, 1.54) is 87.4 Å². The molecule has 0 N–H and O–H groups in total. The van der Waals surface area contributed by atoms with E-state index < -0.39 is 0 Å². The van der Waals surface area contributed by atoms with Crippen LogP contribution in [0.2, 0.25) is 0 Å². The first-order valence-corrected chi connectivity index (χ1v) is 23.3. The lowest BCUT2D eigenvalue weighted by atomic mass is 9.89. The molecule has 0 radical (unpaired) electrons. The number of aromatic nitrogens is 2. The summed E-state index contributed by atoms with van der Waals surface area (Å²) in [6.45, 7) is 0. The number of rotatable bonds is 7. The van der Waals surface area contributed by atoms with Gasteiger partial charge < -0.3 is 0 Å². The highest BCUT2D eigenvalue weighted by molar-refractivity contribution is 6.20. The van der Waals surface area contributed by atoms with E-state index in [-0.39, 0.29) is 0 Å². The number of benzene rings is 12. The fraction of sp³-hybridized carbons (Fsp3) is 0. The van der Waals surface area contributed by atoms with Crippen molar-refractivity contribution >= 4 is 53.9 Å². The van der Waals surface area contributed by atoms with Crippen molar-refractivity contribution in [3.05, 3.63) is 255 Å². The van der Waals surface area contributed by atoms with Crippen molar-refractivity contribution in [2.75, 3.05) is 0 Å². The van der Waals surface area contributed by atoms with Gasteiger partial charge >= 0.3 is 0 Å². The molecule has 0 aliphatic carbocycles. The Morgan fingerprint density at radius 3 is 1.44 bits per heavy atom. The monoisotopic (exact) mass is 862 g/mol. The second kappa shape index (κ2) is 16.5. The molecule has 0 spiro atoms. The van der Waals surface area contributed by atoms with E-state index in [4.69, 9.17) is 9.97 Å². The molecule has 0 saturated heterocycles. The van der Waals surface area contributed by atoms with Gasteiger partial charge in [0.1, 0.15) is 0 Å².